The van der Waals surface area contributed by atoms with Crippen LogP contribution < -0.4 is 5.73 Å². The molecule has 2 saturated heterocycles. The van der Waals surface area contributed by atoms with E-state index in [9.17, 15) is 9.50 Å². The van der Waals surface area contributed by atoms with Gasteiger partial charge in [-0.15, -0.1) is 0 Å². The minimum Gasteiger partial charge on any atom is -0.399 e. The van der Waals surface area contributed by atoms with Crippen molar-refractivity contribution in [3.05, 3.63) is 29.6 Å². The number of nitrogens with two attached hydrogens (primary N) is 1. The minimum atomic E-state index is -0.222. The lowest BCUT2D eigenvalue weighted by molar-refractivity contribution is 0.0305. The minimum absolute atomic E-state index is 0.171. The van der Waals surface area contributed by atoms with Crippen molar-refractivity contribution in [2.75, 3.05) is 5.73 Å². The number of rotatable bonds is 2. The Balaban J connectivity index is 1.77. The Kier molecular flexibility index (Phi) is 2.99. The first-order valence-corrected chi connectivity index (χ1v) is 6.61. The van der Waals surface area contributed by atoms with Gasteiger partial charge < -0.3 is 10.8 Å². The molecule has 3 nitrogen and oxygen atoms in total. The first-order valence-electron chi connectivity index (χ1n) is 6.61. The number of halogens is 1. The number of nitrogens with zero attached hydrogens (tertiary/aromatic N) is 1. The summed E-state index contributed by atoms with van der Waals surface area (Å²) in [5.41, 5.74) is 6.73. The van der Waals surface area contributed by atoms with Crippen LogP contribution in [0.2, 0.25) is 0 Å². The van der Waals surface area contributed by atoms with Crippen LogP contribution in [0.1, 0.15) is 31.2 Å². The molecule has 2 fully saturated rings. The summed E-state index contributed by atoms with van der Waals surface area (Å²) in [7, 11) is 0. The van der Waals surface area contributed by atoms with Crippen LogP contribution in [0.5, 0.6) is 0 Å². The maximum atomic E-state index is 13.8. The van der Waals surface area contributed by atoms with Gasteiger partial charge in [0.25, 0.3) is 0 Å². The van der Waals surface area contributed by atoms with Crippen LogP contribution in [0, 0.1) is 5.82 Å². The third-order valence-electron chi connectivity index (χ3n) is 4.29. The fourth-order valence-electron chi connectivity index (χ4n) is 3.39. The van der Waals surface area contributed by atoms with Crippen LogP contribution in [0.3, 0.4) is 0 Å². The lowest BCUT2D eigenvalue weighted by Crippen LogP contribution is -2.44. The average Bonchev–Trinajstić information content (AvgIpc) is 2.56. The molecule has 2 bridgehead atoms. The molecule has 0 spiro atoms. The number of benzene rings is 1. The standard InChI is InChI=1S/C14H19FN2O/c15-14-5-10(16)2-1-9(14)8-17-11-3-4-12(17)7-13(18)6-11/h1-2,5,11-13,18H,3-4,6-8,16H2. The normalized spacial score (nSPS) is 31.8. The van der Waals surface area contributed by atoms with Crippen molar-refractivity contribution in [1.29, 1.82) is 0 Å². The van der Waals surface area contributed by atoms with Gasteiger partial charge in [0.05, 0.1) is 6.10 Å². The summed E-state index contributed by atoms with van der Waals surface area (Å²) < 4.78 is 13.8. The second-order valence-electron chi connectivity index (χ2n) is 5.53. The molecule has 0 aromatic heterocycles. The number of fused-ring (bicyclic) bond motifs is 2. The van der Waals surface area contributed by atoms with Gasteiger partial charge in [-0.3, -0.25) is 4.90 Å². The van der Waals surface area contributed by atoms with Crippen LogP contribution in [-0.4, -0.2) is 28.2 Å². The maximum absolute atomic E-state index is 13.8. The second kappa shape index (κ2) is 4.52. The monoisotopic (exact) mass is 250 g/mol. The third kappa shape index (κ3) is 2.10. The predicted octanol–water partition coefficient (Wildman–Crippen LogP) is 1.90. The molecule has 0 aliphatic carbocycles. The molecule has 2 aliphatic rings. The van der Waals surface area contributed by atoms with Gasteiger partial charge in [-0.1, -0.05) is 6.07 Å². The molecular formula is C14H19FN2O. The van der Waals surface area contributed by atoms with Crippen molar-refractivity contribution in [2.24, 2.45) is 0 Å². The summed E-state index contributed by atoms with van der Waals surface area (Å²) in [6, 6.07) is 5.73. The van der Waals surface area contributed by atoms with Crippen molar-refractivity contribution >= 4 is 5.69 Å². The number of anilines is 1. The van der Waals surface area contributed by atoms with Gasteiger partial charge in [0.2, 0.25) is 0 Å². The van der Waals surface area contributed by atoms with E-state index in [2.05, 4.69) is 4.90 Å². The fraction of sp³-hybridized carbons (Fsp3) is 0.571. The van der Waals surface area contributed by atoms with Crippen molar-refractivity contribution in [2.45, 2.75) is 50.4 Å². The first-order chi connectivity index (χ1) is 8.63. The Labute approximate surface area is 106 Å². The highest BCUT2D eigenvalue weighted by Crippen LogP contribution is 2.37. The zero-order valence-electron chi connectivity index (χ0n) is 10.3. The summed E-state index contributed by atoms with van der Waals surface area (Å²) >= 11 is 0. The van der Waals surface area contributed by atoms with Crippen molar-refractivity contribution in [1.82, 2.24) is 4.90 Å². The van der Waals surface area contributed by atoms with E-state index in [1.165, 1.54) is 6.07 Å². The van der Waals surface area contributed by atoms with E-state index in [4.69, 9.17) is 5.73 Å². The Bertz CT molecular complexity index is 437. The highest BCUT2D eigenvalue weighted by atomic mass is 19.1. The second-order valence-corrected chi connectivity index (χ2v) is 5.53. The van der Waals surface area contributed by atoms with Gasteiger partial charge in [0, 0.05) is 29.9 Å². The van der Waals surface area contributed by atoms with Crippen LogP contribution in [0.4, 0.5) is 10.1 Å². The van der Waals surface area contributed by atoms with E-state index in [1.807, 2.05) is 0 Å². The largest absolute Gasteiger partial charge is 0.399 e. The van der Waals surface area contributed by atoms with Crippen LogP contribution in [-0.2, 0) is 6.54 Å². The van der Waals surface area contributed by atoms with Gasteiger partial charge in [0.15, 0.2) is 0 Å². The first kappa shape index (κ1) is 11.9. The summed E-state index contributed by atoms with van der Waals surface area (Å²) in [5.74, 6) is -0.222. The van der Waals surface area contributed by atoms with E-state index in [0.29, 0.717) is 29.9 Å². The zero-order chi connectivity index (χ0) is 12.7. The van der Waals surface area contributed by atoms with Gasteiger partial charge in [-0.2, -0.15) is 0 Å². The van der Waals surface area contributed by atoms with Crippen molar-refractivity contribution in [3.8, 4) is 0 Å². The van der Waals surface area contributed by atoms with E-state index in [0.717, 1.165) is 25.7 Å². The molecule has 0 radical (unpaired) electrons. The Morgan fingerprint density at radius 2 is 1.94 bits per heavy atom. The van der Waals surface area contributed by atoms with E-state index in [-0.39, 0.29) is 11.9 Å². The molecule has 4 heteroatoms. The highest BCUT2D eigenvalue weighted by molar-refractivity contribution is 5.40. The van der Waals surface area contributed by atoms with Gasteiger partial charge in [-0.05, 0) is 37.8 Å². The van der Waals surface area contributed by atoms with Gasteiger partial charge >= 0.3 is 0 Å². The number of aliphatic hydroxyl groups excluding tert-OH is 1. The third-order valence-corrected chi connectivity index (χ3v) is 4.29. The fourth-order valence-corrected chi connectivity index (χ4v) is 3.39. The average molecular weight is 250 g/mol. The predicted molar refractivity (Wildman–Crippen MR) is 68.4 cm³/mol. The molecule has 2 unspecified atom stereocenters. The van der Waals surface area contributed by atoms with E-state index in [1.54, 1.807) is 12.1 Å². The summed E-state index contributed by atoms with van der Waals surface area (Å²) in [5, 5.41) is 9.75. The molecule has 3 N–H and O–H groups in total. The highest BCUT2D eigenvalue weighted by Gasteiger charge is 2.40. The number of hydrogen-bond donors (Lipinski definition) is 2. The zero-order valence-corrected chi connectivity index (χ0v) is 10.3. The molecule has 1 aromatic rings. The van der Waals surface area contributed by atoms with Crippen LogP contribution >= 0.6 is 0 Å². The van der Waals surface area contributed by atoms with Crippen LogP contribution in [0.15, 0.2) is 18.2 Å². The topological polar surface area (TPSA) is 49.5 Å². The maximum Gasteiger partial charge on any atom is 0.129 e. The smallest absolute Gasteiger partial charge is 0.129 e. The number of nitrogen functional groups attached to an aromatic ring is 1. The molecule has 3 rings (SSSR count). The summed E-state index contributed by atoms with van der Waals surface area (Å²) in [6.45, 7) is 0.633. The molecule has 2 atom stereocenters. The van der Waals surface area contributed by atoms with E-state index < -0.39 is 0 Å². The molecule has 0 amide bonds. The number of aliphatic hydroxyl groups is 1. The Hall–Kier alpha value is -1.13. The van der Waals surface area contributed by atoms with Gasteiger partial charge in [-0.25, -0.2) is 4.39 Å². The Morgan fingerprint density at radius 1 is 1.28 bits per heavy atom. The van der Waals surface area contributed by atoms with Crippen LogP contribution in [0.25, 0.3) is 0 Å². The summed E-state index contributed by atoms with van der Waals surface area (Å²) in [6.07, 6.45) is 3.73. The van der Waals surface area contributed by atoms with Crippen molar-refractivity contribution < 1.29 is 9.50 Å². The number of hydrogen-bond acceptors (Lipinski definition) is 3. The molecule has 2 heterocycles. The molecule has 98 valence electrons. The summed E-state index contributed by atoms with van der Waals surface area (Å²) in [4.78, 5) is 2.35. The number of piperidine rings is 1. The van der Waals surface area contributed by atoms with Crippen molar-refractivity contribution in [3.63, 3.8) is 0 Å². The quantitative estimate of drug-likeness (QED) is 0.788. The molecular weight excluding hydrogens is 231 g/mol. The molecule has 18 heavy (non-hydrogen) atoms. The Morgan fingerprint density at radius 3 is 2.56 bits per heavy atom. The van der Waals surface area contributed by atoms with E-state index >= 15 is 0 Å². The lowest BCUT2D eigenvalue weighted by Gasteiger charge is -2.37. The molecule has 2 aliphatic heterocycles. The van der Waals surface area contributed by atoms with Gasteiger partial charge in [0.1, 0.15) is 5.82 Å². The molecule has 0 saturated carbocycles. The molecule has 1 aromatic carbocycles. The SMILES string of the molecule is Nc1ccc(CN2C3CCC2CC(O)C3)c(F)c1. The lowest BCUT2D eigenvalue weighted by atomic mass is 9.99.